The monoisotopic (exact) mass is 349 g/mol. The molecule has 0 aliphatic heterocycles. The molecule has 1 aromatic rings. The van der Waals surface area contributed by atoms with E-state index in [-0.39, 0.29) is 21.4 Å². The zero-order valence-corrected chi connectivity index (χ0v) is 14.0. The van der Waals surface area contributed by atoms with Gasteiger partial charge in [0.1, 0.15) is 0 Å². The van der Waals surface area contributed by atoms with Crippen LogP contribution in [0.15, 0.2) is 23.1 Å². The van der Waals surface area contributed by atoms with Crippen LogP contribution in [0.3, 0.4) is 0 Å². The standard InChI is InChI=1S/C14H17Cl2NO3S/c1-2-7-17(9-10-3-4-10)14(18)12-8-11(21(16,19)20)5-6-13(12)15/h5-6,8,10H,2-4,7,9H2,1H3. The summed E-state index contributed by atoms with van der Waals surface area (Å²) in [5, 5.41) is 0.237. The van der Waals surface area contributed by atoms with Crippen LogP contribution < -0.4 is 0 Å². The number of carbonyl (C=O) groups is 1. The Labute approximate surface area is 134 Å². The van der Waals surface area contributed by atoms with Gasteiger partial charge >= 0.3 is 0 Å². The summed E-state index contributed by atoms with van der Waals surface area (Å²) in [5.41, 5.74) is 0.187. The molecule has 116 valence electrons. The molecule has 1 saturated carbocycles. The first-order chi connectivity index (χ1) is 9.82. The predicted octanol–water partition coefficient (Wildman–Crippen LogP) is 3.53. The van der Waals surface area contributed by atoms with Crippen molar-refractivity contribution >= 4 is 37.2 Å². The molecule has 1 amide bonds. The molecule has 1 fully saturated rings. The lowest BCUT2D eigenvalue weighted by molar-refractivity contribution is 0.0747. The van der Waals surface area contributed by atoms with Gasteiger partial charge in [-0.1, -0.05) is 18.5 Å². The maximum absolute atomic E-state index is 12.6. The first-order valence-electron chi connectivity index (χ1n) is 6.86. The van der Waals surface area contributed by atoms with E-state index >= 15 is 0 Å². The molecule has 0 spiro atoms. The second kappa shape index (κ2) is 6.55. The summed E-state index contributed by atoms with van der Waals surface area (Å²) in [6, 6.07) is 3.94. The zero-order chi connectivity index (χ0) is 15.6. The maximum Gasteiger partial charge on any atom is 0.261 e. The Kier molecular flexibility index (Phi) is 5.17. The number of hydrogen-bond acceptors (Lipinski definition) is 3. The van der Waals surface area contributed by atoms with Gasteiger partial charge < -0.3 is 4.90 Å². The third-order valence-electron chi connectivity index (χ3n) is 3.41. The fourth-order valence-electron chi connectivity index (χ4n) is 2.15. The second-order valence-corrected chi connectivity index (χ2v) is 8.25. The lowest BCUT2D eigenvalue weighted by Gasteiger charge is -2.22. The summed E-state index contributed by atoms with van der Waals surface area (Å²) >= 11 is 6.05. The molecule has 0 N–H and O–H groups in total. The Bertz CT molecular complexity index is 642. The Morgan fingerprint density at radius 1 is 1.38 bits per heavy atom. The van der Waals surface area contributed by atoms with Crippen LogP contribution in [0.2, 0.25) is 5.02 Å². The summed E-state index contributed by atoms with van der Waals surface area (Å²) in [6.07, 6.45) is 3.11. The van der Waals surface area contributed by atoms with Crippen molar-refractivity contribution in [3.8, 4) is 0 Å². The highest BCUT2D eigenvalue weighted by Crippen LogP contribution is 2.31. The van der Waals surface area contributed by atoms with Crippen LogP contribution >= 0.6 is 22.3 Å². The Hall–Kier alpha value is -0.780. The van der Waals surface area contributed by atoms with E-state index in [0.29, 0.717) is 19.0 Å². The maximum atomic E-state index is 12.6. The summed E-state index contributed by atoms with van der Waals surface area (Å²) < 4.78 is 22.8. The fourth-order valence-corrected chi connectivity index (χ4v) is 3.12. The summed E-state index contributed by atoms with van der Waals surface area (Å²) in [7, 11) is 1.45. The fraction of sp³-hybridized carbons (Fsp3) is 0.500. The molecule has 0 heterocycles. The van der Waals surface area contributed by atoms with Gasteiger partial charge in [0, 0.05) is 23.8 Å². The largest absolute Gasteiger partial charge is 0.338 e. The van der Waals surface area contributed by atoms with Gasteiger partial charge in [0.25, 0.3) is 15.0 Å². The normalized spacial score (nSPS) is 15.0. The first-order valence-corrected chi connectivity index (χ1v) is 9.55. The highest BCUT2D eigenvalue weighted by Gasteiger charge is 2.28. The van der Waals surface area contributed by atoms with E-state index in [1.165, 1.54) is 18.2 Å². The van der Waals surface area contributed by atoms with Gasteiger partial charge in [0.15, 0.2) is 0 Å². The smallest absolute Gasteiger partial charge is 0.261 e. The molecule has 2 rings (SSSR count). The van der Waals surface area contributed by atoms with Crippen molar-refractivity contribution < 1.29 is 13.2 Å². The highest BCUT2D eigenvalue weighted by atomic mass is 35.7. The van der Waals surface area contributed by atoms with E-state index in [1.54, 1.807) is 4.90 Å². The van der Waals surface area contributed by atoms with Gasteiger partial charge in [-0.2, -0.15) is 0 Å². The van der Waals surface area contributed by atoms with E-state index in [1.807, 2.05) is 6.92 Å². The lowest BCUT2D eigenvalue weighted by Crippen LogP contribution is -2.33. The van der Waals surface area contributed by atoms with Gasteiger partial charge in [-0.15, -0.1) is 0 Å². The molecule has 0 radical (unpaired) electrons. The molecule has 1 aromatic carbocycles. The minimum atomic E-state index is -3.88. The average Bonchev–Trinajstić information content (AvgIpc) is 3.20. The van der Waals surface area contributed by atoms with Crippen LogP contribution in [0.25, 0.3) is 0 Å². The van der Waals surface area contributed by atoms with Crippen molar-refractivity contribution in [2.45, 2.75) is 31.1 Å². The molecule has 0 bridgehead atoms. The molecule has 4 nitrogen and oxygen atoms in total. The molecular formula is C14H17Cl2NO3S. The predicted molar refractivity (Wildman–Crippen MR) is 83.4 cm³/mol. The second-order valence-electron chi connectivity index (χ2n) is 5.27. The van der Waals surface area contributed by atoms with E-state index in [4.69, 9.17) is 22.3 Å². The Morgan fingerprint density at radius 2 is 2.05 bits per heavy atom. The van der Waals surface area contributed by atoms with E-state index in [0.717, 1.165) is 19.3 Å². The van der Waals surface area contributed by atoms with Gasteiger partial charge in [-0.25, -0.2) is 8.42 Å². The third-order valence-corrected chi connectivity index (χ3v) is 5.09. The Morgan fingerprint density at radius 3 is 2.57 bits per heavy atom. The van der Waals surface area contributed by atoms with Gasteiger partial charge in [0.05, 0.1) is 15.5 Å². The van der Waals surface area contributed by atoms with Crippen molar-refractivity contribution in [3.63, 3.8) is 0 Å². The lowest BCUT2D eigenvalue weighted by atomic mass is 10.2. The van der Waals surface area contributed by atoms with Gasteiger partial charge in [-0.3, -0.25) is 4.79 Å². The zero-order valence-electron chi connectivity index (χ0n) is 11.7. The summed E-state index contributed by atoms with van der Waals surface area (Å²) in [6.45, 7) is 3.32. The van der Waals surface area contributed by atoms with Crippen molar-refractivity contribution in [1.29, 1.82) is 0 Å². The average molecular weight is 350 g/mol. The number of hydrogen-bond donors (Lipinski definition) is 0. The Balaban J connectivity index is 2.31. The first kappa shape index (κ1) is 16.6. The molecule has 0 saturated heterocycles. The molecular weight excluding hydrogens is 333 g/mol. The van der Waals surface area contributed by atoms with Crippen molar-refractivity contribution in [2.75, 3.05) is 13.1 Å². The minimum Gasteiger partial charge on any atom is -0.338 e. The molecule has 1 aliphatic rings. The topological polar surface area (TPSA) is 54.5 Å². The molecule has 0 unspecified atom stereocenters. The number of amides is 1. The summed E-state index contributed by atoms with van der Waals surface area (Å²) in [5.74, 6) is 0.315. The minimum absolute atomic E-state index is 0.111. The van der Waals surface area contributed by atoms with Crippen LogP contribution in [0.5, 0.6) is 0 Å². The molecule has 7 heteroatoms. The van der Waals surface area contributed by atoms with E-state index in [2.05, 4.69) is 0 Å². The molecule has 0 aromatic heterocycles. The number of nitrogens with zero attached hydrogens (tertiary/aromatic N) is 1. The van der Waals surface area contributed by atoms with Crippen LogP contribution in [0.4, 0.5) is 0 Å². The molecule has 21 heavy (non-hydrogen) atoms. The highest BCUT2D eigenvalue weighted by molar-refractivity contribution is 8.13. The van der Waals surface area contributed by atoms with Crippen LogP contribution in [-0.2, 0) is 9.05 Å². The van der Waals surface area contributed by atoms with Crippen LogP contribution in [0, 0.1) is 5.92 Å². The van der Waals surface area contributed by atoms with Crippen LogP contribution in [0.1, 0.15) is 36.5 Å². The van der Waals surface area contributed by atoms with Crippen LogP contribution in [-0.4, -0.2) is 32.3 Å². The van der Waals surface area contributed by atoms with Gasteiger partial charge in [-0.05, 0) is 43.4 Å². The van der Waals surface area contributed by atoms with E-state index in [9.17, 15) is 13.2 Å². The number of carbonyl (C=O) groups excluding carboxylic acids is 1. The summed E-state index contributed by atoms with van der Waals surface area (Å²) in [4.78, 5) is 14.2. The number of rotatable bonds is 6. The van der Waals surface area contributed by atoms with Gasteiger partial charge in [0.2, 0.25) is 0 Å². The third kappa shape index (κ3) is 4.34. The number of halogens is 2. The van der Waals surface area contributed by atoms with E-state index < -0.39 is 9.05 Å². The number of benzene rings is 1. The SMILES string of the molecule is CCCN(CC1CC1)C(=O)c1cc(S(=O)(=O)Cl)ccc1Cl. The molecule has 1 aliphatic carbocycles. The van der Waals surface area contributed by atoms with Crippen molar-refractivity contribution in [1.82, 2.24) is 4.90 Å². The quantitative estimate of drug-likeness (QED) is 0.738. The molecule has 0 atom stereocenters. The van der Waals surface area contributed by atoms with Crippen molar-refractivity contribution in [3.05, 3.63) is 28.8 Å². The van der Waals surface area contributed by atoms with Crippen molar-refractivity contribution in [2.24, 2.45) is 5.92 Å².